The van der Waals surface area contributed by atoms with E-state index in [0.29, 0.717) is 30.2 Å². The average molecular weight is 414 g/mol. The Balaban J connectivity index is 1.62. The number of nitrogens with zero attached hydrogens (tertiary/aromatic N) is 2. The van der Waals surface area contributed by atoms with Gasteiger partial charge in [-0.1, -0.05) is 35.5 Å². The topological polar surface area (TPSA) is 120 Å². The molecule has 2 aromatic carbocycles. The minimum atomic E-state index is -3.80. The maximum absolute atomic E-state index is 12.6. The van der Waals surface area contributed by atoms with E-state index in [1.54, 1.807) is 44.3 Å². The first-order chi connectivity index (χ1) is 13.9. The first kappa shape index (κ1) is 20.4. The van der Waals surface area contributed by atoms with Crippen molar-refractivity contribution in [3.8, 4) is 5.75 Å². The van der Waals surface area contributed by atoms with Gasteiger partial charge < -0.3 is 15.1 Å². The highest BCUT2D eigenvalue weighted by molar-refractivity contribution is 7.92. The van der Waals surface area contributed by atoms with E-state index in [2.05, 4.69) is 15.0 Å². The van der Waals surface area contributed by atoms with Gasteiger partial charge in [0.1, 0.15) is 11.4 Å². The standard InChI is InChI=1S/C20H22N4O4S/c1-14-20(15(2)28-23-14)29(25,26)24-18-4-3-5-19(12-18)27-11-10-16-6-8-17(9-7-16)13-22-21/h3-9,12-13,24H,10-11,21H2,1-2H3/b22-13-. The summed E-state index contributed by atoms with van der Waals surface area (Å²) in [6, 6.07) is 14.6. The smallest absolute Gasteiger partial charge is 0.267 e. The molecule has 0 unspecified atom stereocenters. The molecule has 0 fully saturated rings. The Morgan fingerprint density at radius 3 is 2.62 bits per heavy atom. The van der Waals surface area contributed by atoms with Gasteiger partial charge in [-0.3, -0.25) is 4.72 Å². The quantitative estimate of drug-likeness (QED) is 0.332. The minimum absolute atomic E-state index is 0.0481. The molecule has 3 rings (SSSR count). The first-order valence-corrected chi connectivity index (χ1v) is 10.4. The van der Waals surface area contributed by atoms with Gasteiger partial charge in [-0.15, -0.1) is 0 Å². The van der Waals surface area contributed by atoms with Crippen LogP contribution in [0.15, 0.2) is 63.1 Å². The molecule has 0 aliphatic carbocycles. The van der Waals surface area contributed by atoms with Gasteiger partial charge in [0.25, 0.3) is 10.0 Å². The molecule has 9 heteroatoms. The number of benzene rings is 2. The second-order valence-electron chi connectivity index (χ2n) is 6.40. The maximum Gasteiger partial charge on any atom is 0.267 e. The van der Waals surface area contributed by atoms with Gasteiger partial charge in [0, 0.05) is 12.5 Å². The van der Waals surface area contributed by atoms with Gasteiger partial charge >= 0.3 is 0 Å². The number of hydrogen-bond donors (Lipinski definition) is 2. The van der Waals surface area contributed by atoms with Gasteiger partial charge in [-0.05, 0) is 37.1 Å². The van der Waals surface area contributed by atoms with Crippen molar-refractivity contribution in [1.29, 1.82) is 0 Å². The monoisotopic (exact) mass is 414 g/mol. The van der Waals surface area contributed by atoms with Crippen LogP contribution in [0.25, 0.3) is 0 Å². The van der Waals surface area contributed by atoms with Crippen molar-refractivity contribution in [2.45, 2.75) is 25.2 Å². The molecule has 0 spiro atoms. The van der Waals surface area contributed by atoms with Crippen molar-refractivity contribution in [2.75, 3.05) is 11.3 Å². The second kappa shape index (κ2) is 8.78. The fourth-order valence-electron chi connectivity index (χ4n) is 2.86. The Morgan fingerprint density at radius 2 is 1.97 bits per heavy atom. The van der Waals surface area contributed by atoms with Crippen molar-refractivity contribution in [1.82, 2.24) is 5.16 Å². The highest BCUT2D eigenvalue weighted by Crippen LogP contribution is 2.24. The number of anilines is 1. The molecule has 1 aromatic heterocycles. The molecule has 0 aliphatic rings. The molecule has 0 saturated heterocycles. The Morgan fingerprint density at radius 1 is 1.21 bits per heavy atom. The highest BCUT2D eigenvalue weighted by Gasteiger charge is 2.24. The van der Waals surface area contributed by atoms with E-state index in [0.717, 1.165) is 11.1 Å². The molecule has 1 heterocycles. The van der Waals surface area contributed by atoms with E-state index < -0.39 is 10.0 Å². The summed E-state index contributed by atoms with van der Waals surface area (Å²) in [7, 11) is -3.80. The van der Waals surface area contributed by atoms with E-state index in [1.165, 1.54) is 0 Å². The fraction of sp³-hybridized carbons (Fsp3) is 0.200. The fourth-order valence-corrected chi connectivity index (χ4v) is 4.24. The van der Waals surface area contributed by atoms with Crippen LogP contribution < -0.4 is 15.3 Å². The third-order valence-corrected chi connectivity index (χ3v) is 5.81. The summed E-state index contributed by atoms with van der Waals surface area (Å²) in [6.45, 7) is 3.59. The number of rotatable bonds is 8. The van der Waals surface area contributed by atoms with Crippen LogP contribution in [0, 0.1) is 13.8 Å². The molecule has 0 saturated carbocycles. The molecule has 152 valence electrons. The molecule has 29 heavy (non-hydrogen) atoms. The van der Waals surface area contributed by atoms with Gasteiger partial charge in [0.2, 0.25) is 0 Å². The predicted octanol–water partition coefficient (Wildman–Crippen LogP) is 3.01. The van der Waals surface area contributed by atoms with Crippen molar-refractivity contribution in [3.63, 3.8) is 0 Å². The number of aryl methyl sites for hydroxylation is 2. The number of nitrogens with one attached hydrogen (secondary N) is 1. The van der Waals surface area contributed by atoms with E-state index in [-0.39, 0.29) is 10.7 Å². The summed E-state index contributed by atoms with van der Waals surface area (Å²) < 4.78 is 38.5. The zero-order valence-corrected chi connectivity index (χ0v) is 16.9. The molecule has 3 N–H and O–H groups in total. The van der Waals surface area contributed by atoms with Crippen molar-refractivity contribution in [3.05, 3.63) is 71.1 Å². The number of sulfonamides is 1. The van der Waals surface area contributed by atoms with Gasteiger partial charge in [-0.25, -0.2) is 8.42 Å². The van der Waals surface area contributed by atoms with Crippen molar-refractivity contribution >= 4 is 21.9 Å². The molecule has 0 aliphatic heterocycles. The van der Waals surface area contributed by atoms with E-state index >= 15 is 0 Å². The van der Waals surface area contributed by atoms with Gasteiger partial charge in [0.05, 0.1) is 18.5 Å². The number of nitrogens with two attached hydrogens (primary N) is 1. The third kappa shape index (κ3) is 5.14. The molecule has 0 amide bonds. The Bertz CT molecular complexity index is 1090. The maximum atomic E-state index is 12.6. The zero-order valence-electron chi connectivity index (χ0n) is 16.1. The lowest BCUT2D eigenvalue weighted by Crippen LogP contribution is -2.14. The van der Waals surface area contributed by atoms with Gasteiger partial charge in [-0.2, -0.15) is 5.10 Å². The van der Waals surface area contributed by atoms with Crippen molar-refractivity contribution < 1.29 is 17.7 Å². The summed E-state index contributed by atoms with van der Waals surface area (Å²) in [4.78, 5) is 0.0481. The largest absolute Gasteiger partial charge is 0.493 e. The Labute approximate surface area is 169 Å². The van der Waals surface area contributed by atoms with Crippen LogP contribution in [0.3, 0.4) is 0 Å². The lowest BCUT2D eigenvalue weighted by molar-refractivity contribution is 0.322. The lowest BCUT2D eigenvalue weighted by Gasteiger charge is -2.10. The molecular weight excluding hydrogens is 392 g/mol. The second-order valence-corrected chi connectivity index (χ2v) is 8.02. The van der Waals surface area contributed by atoms with E-state index in [1.807, 2.05) is 24.3 Å². The molecule has 0 atom stereocenters. The van der Waals surface area contributed by atoms with Crippen molar-refractivity contribution in [2.24, 2.45) is 10.9 Å². The summed E-state index contributed by atoms with van der Waals surface area (Å²) >= 11 is 0. The van der Waals surface area contributed by atoms with Gasteiger partial charge in [0.15, 0.2) is 10.7 Å². The molecule has 0 radical (unpaired) electrons. The molecule has 0 bridgehead atoms. The molecule has 8 nitrogen and oxygen atoms in total. The molecular formula is C20H22N4O4S. The summed E-state index contributed by atoms with van der Waals surface area (Å²) in [5.74, 6) is 5.94. The van der Waals surface area contributed by atoms with Crippen LogP contribution in [0.4, 0.5) is 5.69 Å². The normalized spacial score (nSPS) is 11.7. The Hall–Kier alpha value is -3.33. The third-order valence-electron chi connectivity index (χ3n) is 4.19. The minimum Gasteiger partial charge on any atom is -0.493 e. The van der Waals surface area contributed by atoms with E-state index in [4.69, 9.17) is 15.1 Å². The number of hydrogen-bond acceptors (Lipinski definition) is 7. The highest BCUT2D eigenvalue weighted by atomic mass is 32.2. The lowest BCUT2D eigenvalue weighted by atomic mass is 10.1. The number of aromatic nitrogens is 1. The molecule has 3 aromatic rings. The number of hydrazone groups is 1. The van der Waals surface area contributed by atoms with Crippen LogP contribution in [0.2, 0.25) is 0 Å². The zero-order chi connectivity index (χ0) is 20.9. The first-order valence-electron chi connectivity index (χ1n) is 8.90. The van der Waals surface area contributed by atoms with Crippen LogP contribution in [0.5, 0.6) is 5.75 Å². The summed E-state index contributed by atoms with van der Waals surface area (Å²) in [5, 5.41) is 7.18. The SMILES string of the molecule is Cc1noc(C)c1S(=O)(=O)Nc1cccc(OCCc2ccc(/C=N\N)cc2)c1. The van der Waals surface area contributed by atoms with Crippen LogP contribution in [-0.4, -0.2) is 26.4 Å². The van der Waals surface area contributed by atoms with Crippen LogP contribution in [-0.2, 0) is 16.4 Å². The van der Waals surface area contributed by atoms with E-state index in [9.17, 15) is 8.42 Å². The van der Waals surface area contributed by atoms with Crippen LogP contribution in [0.1, 0.15) is 22.6 Å². The number of ether oxygens (including phenoxy) is 1. The summed E-state index contributed by atoms with van der Waals surface area (Å²) in [5.41, 5.74) is 2.74. The summed E-state index contributed by atoms with van der Waals surface area (Å²) in [6.07, 6.45) is 2.28. The Kier molecular flexibility index (Phi) is 6.18. The predicted molar refractivity (Wildman–Crippen MR) is 111 cm³/mol. The average Bonchev–Trinajstić information content (AvgIpc) is 3.02. The van der Waals surface area contributed by atoms with Crippen LogP contribution >= 0.6 is 0 Å².